The van der Waals surface area contributed by atoms with Crippen LogP contribution in [0.15, 0.2) is 18.2 Å². The largest absolute Gasteiger partial charge is 0.389 e. The second-order valence-corrected chi connectivity index (χ2v) is 5.75. The Labute approximate surface area is 125 Å². The van der Waals surface area contributed by atoms with Crippen molar-refractivity contribution in [1.29, 1.82) is 0 Å². The molecule has 0 aromatic heterocycles. The average molecular weight is 295 g/mol. The van der Waals surface area contributed by atoms with Crippen LogP contribution in [0, 0.1) is 11.7 Å². The normalized spacial score (nSPS) is 17.1. The first-order valence-corrected chi connectivity index (χ1v) is 7.56. The molecule has 1 saturated heterocycles. The van der Waals surface area contributed by atoms with Crippen LogP contribution in [-0.2, 0) is 0 Å². The van der Waals surface area contributed by atoms with E-state index in [4.69, 9.17) is 18.0 Å². The van der Waals surface area contributed by atoms with Gasteiger partial charge >= 0.3 is 0 Å². The molecule has 1 heterocycles. The third-order valence-corrected chi connectivity index (χ3v) is 4.20. The van der Waals surface area contributed by atoms with E-state index >= 15 is 0 Å². The van der Waals surface area contributed by atoms with Crippen molar-refractivity contribution in [2.75, 3.05) is 31.5 Å². The standard InChI is InChI=1S/C15H22FN3S/c1-2-19-7-5-11(6-8-19)10-18-14-4-3-12(16)9-13(14)15(17)20/h3-4,9,11,18H,2,5-8,10H2,1H3,(H2,17,20). The van der Waals surface area contributed by atoms with Crippen molar-refractivity contribution in [2.24, 2.45) is 11.7 Å². The van der Waals surface area contributed by atoms with Crippen LogP contribution in [0.5, 0.6) is 0 Å². The van der Waals surface area contributed by atoms with Gasteiger partial charge in [-0.3, -0.25) is 0 Å². The number of thiocarbonyl (C=S) groups is 1. The molecule has 0 amide bonds. The molecule has 3 N–H and O–H groups in total. The van der Waals surface area contributed by atoms with E-state index in [1.807, 2.05) is 0 Å². The number of hydrogen-bond acceptors (Lipinski definition) is 3. The minimum absolute atomic E-state index is 0.229. The Morgan fingerprint density at radius 1 is 1.45 bits per heavy atom. The molecule has 5 heteroatoms. The van der Waals surface area contributed by atoms with Gasteiger partial charge in [-0.15, -0.1) is 0 Å². The Bertz CT molecular complexity index is 470. The molecule has 20 heavy (non-hydrogen) atoms. The molecule has 0 aliphatic carbocycles. The number of hydrogen-bond donors (Lipinski definition) is 2. The zero-order valence-electron chi connectivity index (χ0n) is 11.9. The SMILES string of the molecule is CCN1CCC(CNc2ccc(F)cc2C(N)=S)CC1. The lowest BCUT2D eigenvalue weighted by Gasteiger charge is -2.31. The molecular formula is C15H22FN3S. The van der Waals surface area contributed by atoms with Gasteiger partial charge in [0.05, 0.1) is 0 Å². The molecule has 0 unspecified atom stereocenters. The highest BCUT2D eigenvalue weighted by atomic mass is 32.1. The highest BCUT2D eigenvalue weighted by molar-refractivity contribution is 7.80. The predicted molar refractivity (Wildman–Crippen MR) is 85.6 cm³/mol. The number of rotatable bonds is 5. The number of anilines is 1. The summed E-state index contributed by atoms with van der Waals surface area (Å²) < 4.78 is 13.2. The number of piperidine rings is 1. The van der Waals surface area contributed by atoms with Crippen molar-refractivity contribution in [2.45, 2.75) is 19.8 Å². The zero-order chi connectivity index (χ0) is 14.5. The molecule has 110 valence electrons. The van der Waals surface area contributed by atoms with Crippen LogP contribution in [0.3, 0.4) is 0 Å². The third kappa shape index (κ3) is 3.90. The van der Waals surface area contributed by atoms with Crippen LogP contribution in [-0.4, -0.2) is 36.1 Å². The van der Waals surface area contributed by atoms with Gasteiger partial charge in [0.2, 0.25) is 0 Å². The van der Waals surface area contributed by atoms with Gasteiger partial charge in [-0.25, -0.2) is 4.39 Å². The number of nitrogens with two attached hydrogens (primary N) is 1. The van der Waals surface area contributed by atoms with Crippen molar-refractivity contribution in [3.05, 3.63) is 29.6 Å². The minimum Gasteiger partial charge on any atom is -0.389 e. The van der Waals surface area contributed by atoms with Gasteiger partial charge in [0.15, 0.2) is 0 Å². The van der Waals surface area contributed by atoms with Crippen LogP contribution >= 0.6 is 12.2 Å². The van der Waals surface area contributed by atoms with Gasteiger partial charge in [0.1, 0.15) is 10.8 Å². The molecule has 0 radical (unpaired) electrons. The maximum Gasteiger partial charge on any atom is 0.124 e. The molecule has 0 bridgehead atoms. The summed E-state index contributed by atoms with van der Waals surface area (Å²) >= 11 is 4.98. The van der Waals surface area contributed by atoms with Crippen molar-refractivity contribution in [3.8, 4) is 0 Å². The van der Waals surface area contributed by atoms with E-state index in [1.165, 1.54) is 25.0 Å². The fraction of sp³-hybridized carbons (Fsp3) is 0.533. The van der Waals surface area contributed by atoms with E-state index in [0.29, 0.717) is 11.5 Å². The van der Waals surface area contributed by atoms with Crippen LogP contribution in [0.1, 0.15) is 25.3 Å². The number of benzene rings is 1. The maximum absolute atomic E-state index is 13.2. The van der Waals surface area contributed by atoms with Crippen LogP contribution in [0.2, 0.25) is 0 Å². The van der Waals surface area contributed by atoms with E-state index in [1.54, 1.807) is 6.07 Å². The smallest absolute Gasteiger partial charge is 0.124 e. The summed E-state index contributed by atoms with van der Waals surface area (Å²) in [7, 11) is 0. The van der Waals surface area contributed by atoms with E-state index in [9.17, 15) is 4.39 Å². The molecule has 2 rings (SSSR count). The summed E-state index contributed by atoms with van der Waals surface area (Å²) in [5, 5.41) is 3.37. The second kappa shape index (κ2) is 6.99. The number of nitrogens with one attached hydrogen (secondary N) is 1. The van der Waals surface area contributed by atoms with Gasteiger partial charge in [-0.1, -0.05) is 19.1 Å². The lowest BCUT2D eigenvalue weighted by molar-refractivity contribution is 0.198. The quantitative estimate of drug-likeness (QED) is 0.819. The fourth-order valence-electron chi connectivity index (χ4n) is 2.64. The first-order valence-electron chi connectivity index (χ1n) is 7.15. The number of halogens is 1. The summed E-state index contributed by atoms with van der Waals surface area (Å²) in [6, 6.07) is 4.54. The molecule has 1 aliphatic heterocycles. The molecule has 1 fully saturated rings. The molecule has 1 aromatic carbocycles. The van der Waals surface area contributed by atoms with Gasteiger partial charge in [-0.05, 0) is 56.6 Å². The minimum atomic E-state index is -0.311. The molecule has 0 spiro atoms. The first kappa shape index (κ1) is 15.2. The van der Waals surface area contributed by atoms with E-state index in [0.717, 1.165) is 31.9 Å². The van der Waals surface area contributed by atoms with E-state index < -0.39 is 0 Å². The molecule has 0 saturated carbocycles. The van der Waals surface area contributed by atoms with E-state index in [-0.39, 0.29) is 10.8 Å². The summed E-state index contributed by atoms with van der Waals surface area (Å²) in [5.41, 5.74) is 7.07. The monoisotopic (exact) mass is 295 g/mol. The lowest BCUT2D eigenvalue weighted by Crippen LogP contribution is -2.35. The van der Waals surface area contributed by atoms with Crippen LogP contribution in [0.4, 0.5) is 10.1 Å². The summed E-state index contributed by atoms with van der Waals surface area (Å²) in [5.74, 6) is 0.344. The molecular weight excluding hydrogens is 273 g/mol. The van der Waals surface area contributed by atoms with Crippen molar-refractivity contribution in [3.63, 3.8) is 0 Å². The van der Waals surface area contributed by atoms with Crippen molar-refractivity contribution >= 4 is 22.9 Å². The van der Waals surface area contributed by atoms with Crippen LogP contribution < -0.4 is 11.1 Å². The highest BCUT2D eigenvalue weighted by Crippen LogP contribution is 2.21. The zero-order valence-corrected chi connectivity index (χ0v) is 12.7. The van der Waals surface area contributed by atoms with Gasteiger partial charge in [0.25, 0.3) is 0 Å². The van der Waals surface area contributed by atoms with Gasteiger partial charge in [0, 0.05) is 17.8 Å². The van der Waals surface area contributed by atoms with Gasteiger partial charge < -0.3 is 16.0 Å². The third-order valence-electron chi connectivity index (χ3n) is 3.98. The fourth-order valence-corrected chi connectivity index (χ4v) is 2.80. The Hall–Kier alpha value is -1.20. The van der Waals surface area contributed by atoms with Gasteiger partial charge in [-0.2, -0.15) is 0 Å². The Morgan fingerprint density at radius 2 is 2.15 bits per heavy atom. The summed E-state index contributed by atoms with van der Waals surface area (Å²) in [4.78, 5) is 2.70. The molecule has 1 aliphatic rings. The molecule has 3 nitrogen and oxygen atoms in total. The van der Waals surface area contributed by atoms with Crippen molar-refractivity contribution in [1.82, 2.24) is 4.90 Å². The Kier molecular flexibility index (Phi) is 5.31. The molecule has 1 aromatic rings. The maximum atomic E-state index is 13.2. The summed E-state index contributed by atoms with van der Waals surface area (Å²) in [6.07, 6.45) is 2.40. The average Bonchev–Trinajstić information content (AvgIpc) is 2.46. The number of nitrogens with zero attached hydrogens (tertiary/aromatic N) is 1. The van der Waals surface area contributed by atoms with Crippen LogP contribution in [0.25, 0.3) is 0 Å². The summed E-state index contributed by atoms with van der Waals surface area (Å²) in [6.45, 7) is 6.54. The Balaban J connectivity index is 1.93. The highest BCUT2D eigenvalue weighted by Gasteiger charge is 2.18. The van der Waals surface area contributed by atoms with Crippen molar-refractivity contribution < 1.29 is 4.39 Å². The first-order chi connectivity index (χ1) is 9.60. The molecule has 0 atom stereocenters. The second-order valence-electron chi connectivity index (χ2n) is 5.31. The Morgan fingerprint density at radius 3 is 2.75 bits per heavy atom. The van der Waals surface area contributed by atoms with E-state index in [2.05, 4.69) is 17.1 Å². The predicted octanol–water partition coefficient (Wildman–Crippen LogP) is 2.60. The lowest BCUT2D eigenvalue weighted by atomic mass is 9.96. The number of likely N-dealkylation sites (tertiary alicyclic amines) is 1. The topological polar surface area (TPSA) is 41.3 Å².